The zero-order chi connectivity index (χ0) is 15.1. The van der Waals surface area contributed by atoms with Crippen molar-refractivity contribution in [3.63, 3.8) is 0 Å². The fourth-order valence-electron chi connectivity index (χ4n) is 3.23. The van der Waals surface area contributed by atoms with E-state index >= 15 is 0 Å². The van der Waals surface area contributed by atoms with Gasteiger partial charge in [0.25, 0.3) is 0 Å². The fraction of sp³-hybridized carbons (Fsp3) is 0.684. The highest BCUT2D eigenvalue weighted by atomic mass is 16.5. The lowest BCUT2D eigenvalue weighted by molar-refractivity contribution is -0.899. The molecule has 0 amide bonds. The summed E-state index contributed by atoms with van der Waals surface area (Å²) in [6, 6.07) is 6.59. The largest absolute Gasteiger partial charge is 0.493 e. The first kappa shape index (κ1) is 16.4. The van der Waals surface area contributed by atoms with Crippen molar-refractivity contribution in [2.24, 2.45) is 0 Å². The molecule has 21 heavy (non-hydrogen) atoms. The number of ether oxygens (including phenoxy) is 1. The standard InChI is InChI=1S/C19H31NO/c1-16(2)18-10-9-17(3)15-19(18)21-14-8-13-20-11-6-4-5-7-12-20/h9-10,15-16H,4-8,11-14H2,1-3H3/p+1. The molecular weight excluding hydrogens is 258 g/mol. The van der Waals surface area contributed by atoms with Gasteiger partial charge < -0.3 is 9.64 Å². The third-order valence-electron chi connectivity index (χ3n) is 4.53. The van der Waals surface area contributed by atoms with Crippen molar-refractivity contribution in [3.05, 3.63) is 29.3 Å². The minimum absolute atomic E-state index is 0.525. The van der Waals surface area contributed by atoms with E-state index in [1.807, 2.05) is 0 Å². The Morgan fingerprint density at radius 1 is 1.10 bits per heavy atom. The Balaban J connectivity index is 1.78. The normalized spacial score (nSPS) is 17.0. The van der Waals surface area contributed by atoms with Gasteiger partial charge in [0.2, 0.25) is 0 Å². The number of likely N-dealkylation sites (tertiary alicyclic amines) is 1. The smallest absolute Gasteiger partial charge is 0.123 e. The number of benzene rings is 1. The van der Waals surface area contributed by atoms with Crippen LogP contribution in [0.2, 0.25) is 0 Å². The summed E-state index contributed by atoms with van der Waals surface area (Å²) in [5.41, 5.74) is 2.62. The summed E-state index contributed by atoms with van der Waals surface area (Å²) in [5.74, 6) is 1.62. The van der Waals surface area contributed by atoms with Crippen LogP contribution in [0.3, 0.4) is 0 Å². The summed E-state index contributed by atoms with van der Waals surface area (Å²) in [6.07, 6.45) is 6.85. The topological polar surface area (TPSA) is 13.7 Å². The van der Waals surface area contributed by atoms with E-state index in [-0.39, 0.29) is 0 Å². The highest BCUT2D eigenvalue weighted by Gasteiger charge is 2.12. The number of quaternary nitrogens is 1. The highest BCUT2D eigenvalue weighted by molar-refractivity contribution is 5.39. The fourth-order valence-corrected chi connectivity index (χ4v) is 3.23. The Kier molecular flexibility index (Phi) is 6.56. The number of nitrogens with one attached hydrogen (secondary N) is 1. The van der Waals surface area contributed by atoms with Gasteiger partial charge in [-0.05, 0) is 55.7 Å². The molecular formula is C19H32NO+. The van der Waals surface area contributed by atoms with E-state index in [0.29, 0.717) is 5.92 Å². The molecule has 1 saturated heterocycles. The lowest BCUT2D eigenvalue weighted by atomic mass is 10.0. The first-order valence-corrected chi connectivity index (χ1v) is 8.73. The van der Waals surface area contributed by atoms with Gasteiger partial charge in [-0.15, -0.1) is 0 Å². The number of rotatable bonds is 6. The molecule has 1 aromatic rings. The minimum atomic E-state index is 0.525. The van der Waals surface area contributed by atoms with Crippen molar-refractivity contribution in [2.75, 3.05) is 26.2 Å². The van der Waals surface area contributed by atoms with Gasteiger partial charge in [-0.25, -0.2) is 0 Å². The molecule has 2 rings (SSSR count). The van der Waals surface area contributed by atoms with Crippen LogP contribution in [0.1, 0.15) is 63.0 Å². The van der Waals surface area contributed by atoms with Gasteiger partial charge in [0, 0.05) is 6.42 Å². The van der Waals surface area contributed by atoms with Crippen LogP contribution >= 0.6 is 0 Å². The van der Waals surface area contributed by atoms with Crippen molar-refractivity contribution in [1.29, 1.82) is 0 Å². The van der Waals surface area contributed by atoms with Crippen LogP contribution in [0.5, 0.6) is 5.75 Å². The van der Waals surface area contributed by atoms with Gasteiger partial charge in [0.1, 0.15) is 5.75 Å². The molecule has 0 atom stereocenters. The molecule has 1 aliphatic heterocycles. The average Bonchev–Trinajstić information content (AvgIpc) is 2.72. The Labute approximate surface area is 130 Å². The molecule has 1 fully saturated rings. The summed E-state index contributed by atoms with van der Waals surface area (Å²) in [5, 5.41) is 0. The molecule has 0 unspecified atom stereocenters. The second-order valence-corrected chi connectivity index (χ2v) is 6.81. The third-order valence-corrected chi connectivity index (χ3v) is 4.53. The highest BCUT2D eigenvalue weighted by Crippen LogP contribution is 2.27. The zero-order valence-corrected chi connectivity index (χ0v) is 14.1. The molecule has 0 radical (unpaired) electrons. The third kappa shape index (κ3) is 5.35. The van der Waals surface area contributed by atoms with E-state index in [2.05, 4.69) is 39.0 Å². The molecule has 0 aliphatic carbocycles. The molecule has 1 aliphatic rings. The molecule has 118 valence electrons. The number of hydrogen-bond acceptors (Lipinski definition) is 1. The van der Waals surface area contributed by atoms with Crippen LogP contribution in [-0.4, -0.2) is 26.2 Å². The monoisotopic (exact) mass is 290 g/mol. The Morgan fingerprint density at radius 2 is 1.81 bits per heavy atom. The van der Waals surface area contributed by atoms with Gasteiger partial charge in [0.05, 0.1) is 26.2 Å². The van der Waals surface area contributed by atoms with E-state index in [9.17, 15) is 0 Å². The van der Waals surface area contributed by atoms with Crippen LogP contribution in [0, 0.1) is 6.92 Å². The molecule has 1 aromatic carbocycles. The van der Waals surface area contributed by atoms with Gasteiger partial charge in [-0.2, -0.15) is 0 Å². The van der Waals surface area contributed by atoms with E-state index in [1.165, 1.54) is 62.9 Å². The van der Waals surface area contributed by atoms with Crippen LogP contribution in [-0.2, 0) is 0 Å². The molecule has 2 nitrogen and oxygen atoms in total. The van der Waals surface area contributed by atoms with Gasteiger partial charge >= 0.3 is 0 Å². The molecule has 0 bridgehead atoms. The molecule has 2 heteroatoms. The Morgan fingerprint density at radius 3 is 2.48 bits per heavy atom. The molecule has 1 N–H and O–H groups in total. The van der Waals surface area contributed by atoms with Crippen molar-refractivity contribution >= 4 is 0 Å². The summed E-state index contributed by atoms with van der Waals surface area (Å²) in [7, 11) is 0. The number of aryl methyl sites for hydroxylation is 1. The molecule has 0 aromatic heterocycles. The van der Waals surface area contributed by atoms with E-state index in [1.54, 1.807) is 4.90 Å². The zero-order valence-electron chi connectivity index (χ0n) is 14.1. The molecule has 0 spiro atoms. The predicted molar refractivity (Wildman–Crippen MR) is 89.4 cm³/mol. The SMILES string of the molecule is Cc1ccc(C(C)C)c(OCCC[NH+]2CCCCCC2)c1. The molecule has 1 heterocycles. The lowest BCUT2D eigenvalue weighted by Gasteiger charge is -2.18. The second kappa shape index (κ2) is 8.43. The first-order valence-electron chi connectivity index (χ1n) is 8.73. The van der Waals surface area contributed by atoms with E-state index < -0.39 is 0 Å². The van der Waals surface area contributed by atoms with Gasteiger partial charge in [-0.1, -0.05) is 26.0 Å². The van der Waals surface area contributed by atoms with Crippen LogP contribution < -0.4 is 9.64 Å². The first-order chi connectivity index (χ1) is 10.2. The summed E-state index contributed by atoms with van der Waals surface area (Å²) in [4.78, 5) is 1.78. The maximum absolute atomic E-state index is 6.09. The van der Waals surface area contributed by atoms with Crippen LogP contribution in [0.15, 0.2) is 18.2 Å². The van der Waals surface area contributed by atoms with Crippen molar-refractivity contribution < 1.29 is 9.64 Å². The van der Waals surface area contributed by atoms with Crippen molar-refractivity contribution in [2.45, 2.75) is 58.8 Å². The minimum Gasteiger partial charge on any atom is -0.493 e. The molecule has 0 saturated carbocycles. The predicted octanol–water partition coefficient (Wildman–Crippen LogP) is 3.35. The lowest BCUT2D eigenvalue weighted by Crippen LogP contribution is -3.11. The summed E-state index contributed by atoms with van der Waals surface area (Å²) in [6.45, 7) is 11.5. The number of hydrogen-bond donors (Lipinski definition) is 1. The summed E-state index contributed by atoms with van der Waals surface area (Å²) < 4.78 is 6.09. The quantitative estimate of drug-likeness (QED) is 0.793. The Hall–Kier alpha value is -1.02. The maximum atomic E-state index is 6.09. The van der Waals surface area contributed by atoms with Gasteiger partial charge in [0.15, 0.2) is 0 Å². The van der Waals surface area contributed by atoms with E-state index in [0.717, 1.165) is 12.4 Å². The van der Waals surface area contributed by atoms with Gasteiger partial charge in [-0.3, -0.25) is 0 Å². The van der Waals surface area contributed by atoms with Crippen molar-refractivity contribution in [1.82, 2.24) is 0 Å². The van der Waals surface area contributed by atoms with Crippen molar-refractivity contribution in [3.8, 4) is 5.75 Å². The average molecular weight is 290 g/mol. The van der Waals surface area contributed by atoms with Crippen LogP contribution in [0.25, 0.3) is 0 Å². The Bertz CT molecular complexity index is 420. The maximum Gasteiger partial charge on any atom is 0.123 e. The van der Waals surface area contributed by atoms with E-state index in [4.69, 9.17) is 4.74 Å². The van der Waals surface area contributed by atoms with Crippen LogP contribution in [0.4, 0.5) is 0 Å². The second-order valence-electron chi connectivity index (χ2n) is 6.81. The summed E-state index contributed by atoms with van der Waals surface area (Å²) >= 11 is 0.